The molecule has 82 valence electrons. The molecule has 1 aromatic rings. The summed E-state index contributed by atoms with van der Waals surface area (Å²) in [5, 5.41) is 9.21. The van der Waals surface area contributed by atoms with Gasteiger partial charge in [-0.3, -0.25) is 0 Å². The normalized spacial score (nSPS) is 10.9. The molecule has 0 unspecified atom stereocenters. The number of hydrogen-bond donors (Lipinski definition) is 1. The lowest BCUT2D eigenvalue weighted by atomic mass is 10.1. The smallest absolute Gasteiger partial charge is 0.219 e. The van der Waals surface area contributed by atoms with Gasteiger partial charge in [0.25, 0.3) is 0 Å². The highest BCUT2D eigenvalue weighted by atomic mass is 16.5. The van der Waals surface area contributed by atoms with Crippen molar-refractivity contribution in [2.75, 3.05) is 6.61 Å². The summed E-state index contributed by atoms with van der Waals surface area (Å²) < 4.78 is 5.47. The molecular weight excluding hydrogens is 190 g/mol. The second-order valence-corrected chi connectivity index (χ2v) is 3.40. The number of pyridine rings is 1. The average molecular weight is 207 g/mol. The van der Waals surface area contributed by atoms with Crippen LogP contribution in [0.25, 0.3) is 0 Å². The third kappa shape index (κ3) is 3.06. The van der Waals surface area contributed by atoms with Gasteiger partial charge in [-0.2, -0.15) is 0 Å². The van der Waals surface area contributed by atoms with Crippen molar-refractivity contribution in [3.05, 3.63) is 35.0 Å². The average Bonchev–Trinajstić information content (AvgIpc) is 2.17. The van der Waals surface area contributed by atoms with Gasteiger partial charge in [0.1, 0.15) is 6.61 Å². The minimum atomic E-state index is -0.0374. The standard InChI is InChI=1S/C12H17NO2/c1-4-5-6-15-12-11(8-14)9(2)7-10(3)13-12/h4-5,7,14H,6,8H2,1-3H3. The van der Waals surface area contributed by atoms with Crippen molar-refractivity contribution in [3.8, 4) is 5.88 Å². The Bertz CT molecular complexity index is 359. The van der Waals surface area contributed by atoms with Crippen LogP contribution in [0.5, 0.6) is 5.88 Å². The fourth-order valence-electron chi connectivity index (χ4n) is 1.36. The molecule has 0 saturated heterocycles. The summed E-state index contributed by atoms with van der Waals surface area (Å²) >= 11 is 0. The van der Waals surface area contributed by atoms with Gasteiger partial charge in [-0.25, -0.2) is 4.98 Å². The van der Waals surface area contributed by atoms with E-state index in [4.69, 9.17) is 4.74 Å². The topological polar surface area (TPSA) is 42.4 Å². The van der Waals surface area contributed by atoms with Crippen LogP contribution in [0.2, 0.25) is 0 Å². The maximum absolute atomic E-state index is 9.21. The van der Waals surface area contributed by atoms with Crippen molar-refractivity contribution in [2.24, 2.45) is 0 Å². The summed E-state index contributed by atoms with van der Waals surface area (Å²) in [7, 11) is 0. The van der Waals surface area contributed by atoms with Crippen LogP contribution in [0.4, 0.5) is 0 Å². The Morgan fingerprint density at radius 2 is 2.20 bits per heavy atom. The number of rotatable bonds is 4. The van der Waals surface area contributed by atoms with E-state index >= 15 is 0 Å². The highest BCUT2D eigenvalue weighted by molar-refractivity contribution is 5.35. The highest BCUT2D eigenvalue weighted by Crippen LogP contribution is 2.20. The Morgan fingerprint density at radius 1 is 1.47 bits per heavy atom. The molecular formula is C12H17NO2. The van der Waals surface area contributed by atoms with Crippen LogP contribution in [0, 0.1) is 13.8 Å². The number of allylic oxidation sites excluding steroid dienone is 1. The van der Waals surface area contributed by atoms with Gasteiger partial charge in [0.2, 0.25) is 5.88 Å². The first-order chi connectivity index (χ1) is 7.19. The highest BCUT2D eigenvalue weighted by Gasteiger charge is 2.08. The van der Waals surface area contributed by atoms with Gasteiger partial charge in [-0.15, -0.1) is 0 Å². The van der Waals surface area contributed by atoms with Crippen LogP contribution in [0.15, 0.2) is 18.2 Å². The molecule has 0 saturated carbocycles. The van der Waals surface area contributed by atoms with Crippen molar-refractivity contribution >= 4 is 0 Å². The first-order valence-electron chi connectivity index (χ1n) is 5.01. The van der Waals surface area contributed by atoms with E-state index in [1.807, 2.05) is 39.0 Å². The number of aryl methyl sites for hydroxylation is 2. The SMILES string of the molecule is CC=CCOc1nc(C)cc(C)c1CO. The van der Waals surface area contributed by atoms with E-state index in [-0.39, 0.29) is 6.61 Å². The molecule has 0 aliphatic rings. The Balaban J connectivity index is 2.93. The lowest BCUT2D eigenvalue weighted by Gasteiger charge is -2.10. The lowest BCUT2D eigenvalue weighted by Crippen LogP contribution is -2.03. The summed E-state index contributed by atoms with van der Waals surface area (Å²) in [6.45, 7) is 6.24. The molecule has 1 heterocycles. The van der Waals surface area contributed by atoms with Gasteiger partial charge < -0.3 is 9.84 Å². The minimum absolute atomic E-state index is 0.0374. The first kappa shape index (κ1) is 11.7. The molecule has 0 fully saturated rings. The molecule has 3 heteroatoms. The summed E-state index contributed by atoms with van der Waals surface area (Å²) in [5.41, 5.74) is 2.69. The maximum Gasteiger partial charge on any atom is 0.219 e. The number of hydrogen-bond acceptors (Lipinski definition) is 3. The summed E-state index contributed by atoms with van der Waals surface area (Å²) in [6, 6.07) is 1.94. The van der Waals surface area contributed by atoms with Crippen molar-refractivity contribution in [1.29, 1.82) is 0 Å². The number of ether oxygens (including phenoxy) is 1. The molecule has 1 N–H and O–H groups in total. The van der Waals surface area contributed by atoms with Crippen molar-refractivity contribution < 1.29 is 9.84 Å². The largest absolute Gasteiger partial charge is 0.473 e. The summed E-state index contributed by atoms with van der Waals surface area (Å²) in [6.07, 6.45) is 3.82. The minimum Gasteiger partial charge on any atom is -0.473 e. The molecule has 0 amide bonds. The van der Waals surface area contributed by atoms with Crippen LogP contribution < -0.4 is 4.74 Å². The second-order valence-electron chi connectivity index (χ2n) is 3.40. The fraction of sp³-hybridized carbons (Fsp3) is 0.417. The molecule has 1 rings (SSSR count). The predicted molar refractivity (Wildman–Crippen MR) is 59.9 cm³/mol. The van der Waals surface area contributed by atoms with Crippen LogP contribution >= 0.6 is 0 Å². The maximum atomic E-state index is 9.21. The summed E-state index contributed by atoms with van der Waals surface area (Å²) in [4.78, 5) is 4.26. The molecule has 0 aliphatic heterocycles. The third-order valence-corrected chi connectivity index (χ3v) is 2.15. The molecule has 0 spiro atoms. The monoisotopic (exact) mass is 207 g/mol. The van der Waals surface area contributed by atoms with E-state index in [0.717, 1.165) is 16.8 Å². The molecule has 1 aromatic heterocycles. The second kappa shape index (κ2) is 5.51. The van der Waals surface area contributed by atoms with Crippen molar-refractivity contribution in [2.45, 2.75) is 27.4 Å². The zero-order valence-corrected chi connectivity index (χ0v) is 9.45. The molecule has 0 aliphatic carbocycles. The van der Waals surface area contributed by atoms with E-state index < -0.39 is 0 Å². The van der Waals surface area contributed by atoms with Gasteiger partial charge in [-0.1, -0.05) is 12.2 Å². The lowest BCUT2D eigenvalue weighted by molar-refractivity contribution is 0.265. The van der Waals surface area contributed by atoms with E-state index in [1.54, 1.807) is 0 Å². The third-order valence-electron chi connectivity index (χ3n) is 2.15. The van der Waals surface area contributed by atoms with Crippen LogP contribution in [-0.4, -0.2) is 16.7 Å². The molecule has 0 aromatic carbocycles. The van der Waals surface area contributed by atoms with Gasteiger partial charge >= 0.3 is 0 Å². The van der Waals surface area contributed by atoms with E-state index in [0.29, 0.717) is 12.5 Å². The molecule has 0 atom stereocenters. The summed E-state index contributed by atoms with van der Waals surface area (Å²) in [5.74, 6) is 0.535. The van der Waals surface area contributed by atoms with Gasteiger partial charge in [0, 0.05) is 11.3 Å². The van der Waals surface area contributed by atoms with Crippen molar-refractivity contribution in [1.82, 2.24) is 4.98 Å². The predicted octanol–water partition coefficient (Wildman–Crippen LogP) is 2.15. The zero-order valence-electron chi connectivity index (χ0n) is 9.45. The van der Waals surface area contributed by atoms with Crippen LogP contribution in [0.1, 0.15) is 23.7 Å². The Hall–Kier alpha value is -1.35. The Kier molecular flexibility index (Phi) is 4.31. The van der Waals surface area contributed by atoms with Gasteiger partial charge in [0.05, 0.1) is 6.61 Å². The molecule has 0 radical (unpaired) electrons. The van der Waals surface area contributed by atoms with Crippen LogP contribution in [0.3, 0.4) is 0 Å². The first-order valence-corrected chi connectivity index (χ1v) is 5.01. The molecule has 15 heavy (non-hydrogen) atoms. The van der Waals surface area contributed by atoms with Crippen LogP contribution in [-0.2, 0) is 6.61 Å². The van der Waals surface area contributed by atoms with E-state index in [9.17, 15) is 5.11 Å². The molecule has 3 nitrogen and oxygen atoms in total. The number of aromatic nitrogens is 1. The van der Waals surface area contributed by atoms with Crippen molar-refractivity contribution in [3.63, 3.8) is 0 Å². The Labute approximate surface area is 90.4 Å². The van der Waals surface area contributed by atoms with Gasteiger partial charge in [0.15, 0.2) is 0 Å². The number of aliphatic hydroxyl groups excluding tert-OH is 1. The van der Waals surface area contributed by atoms with E-state index in [1.165, 1.54) is 0 Å². The fourth-order valence-corrected chi connectivity index (χ4v) is 1.36. The molecule has 0 bridgehead atoms. The number of aliphatic hydroxyl groups is 1. The number of nitrogens with zero attached hydrogens (tertiary/aromatic N) is 1. The Morgan fingerprint density at radius 3 is 2.80 bits per heavy atom. The van der Waals surface area contributed by atoms with Gasteiger partial charge in [-0.05, 0) is 32.4 Å². The zero-order chi connectivity index (χ0) is 11.3. The quantitative estimate of drug-likeness (QED) is 0.769. The van der Waals surface area contributed by atoms with E-state index in [2.05, 4.69) is 4.98 Å².